The lowest BCUT2D eigenvalue weighted by atomic mass is 10.0. The van der Waals surface area contributed by atoms with Crippen molar-refractivity contribution in [3.63, 3.8) is 0 Å². The summed E-state index contributed by atoms with van der Waals surface area (Å²) in [6.07, 6.45) is 2.34. The van der Waals surface area contributed by atoms with E-state index in [0.717, 1.165) is 11.2 Å². The molecule has 1 unspecified atom stereocenters. The topological polar surface area (TPSA) is 142 Å². The van der Waals surface area contributed by atoms with Gasteiger partial charge in [-0.3, -0.25) is 14.4 Å². The van der Waals surface area contributed by atoms with E-state index in [2.05, 4.69) is 9.97 Å². The number of fused-ring (bicyclic) bond motifs is 1. The van der Waals surface area contributed by atoms with Crippen molar-refractivity contribution < 1.29 is 32.2 Å². The van der Waals surface area contributed by atoms with Gasteiger partial charge in [0.15, 0.2) is 0 Å². The van der Waals surface area contributed by atoms with E-state index in [1.165, 1.54) is 37.6 Å². The highest BCUT2D eigenvalue weighted by atomic mass is 32.2. The summed E-state index contributed by atoms with van der Waals surface area (Å²) in [6, 6.07) is 6.23. The molecule has 0 aliphatic carbocycles. The fourth-order valence-corrected chi connectivity index (χ4v) is 4.25. The summed E-state index contributed by atoms with van der Waals surface area (Å²) in [6.45, 7) is -0.150. The molecule has 3 N–H and O–H groups in total. The Balaban J connectivity index is 1.78. The van der Waals surface area contributed by atoms with E-state index >= 15 is 0 Å². The summed E-state index contributed by atoms with van der Waals surface area (Å²) in [5.74, 6) is -0.961. The molecule has 0 spiro atoms. The van der Waals surface area contributed by atoms with Crippen LogP contribution in [0.25, 0.3) is 27.7 Å². The Morgan fingerprint density at radius 2 is 2.03 bits per heavy atom. The second-order valence-corrected chi connectivity index (χ2v) is 9.18. The molecule has 0 fully saturated rings. The number of amides is 2. The molecule has 0 radical (unpaired) electrons. The van der Waals surface area contributed by atoms with E-state index in [4.69, 9.17) is 4.74 Å². The van der Waals surface area contributed by atoms with Gasteiger partial charge >= 0.3 is 6.09 Å². The van der Waals surface area contributed by atoms with Crippen molar-refractivity contribution >= 4 is 38.6 Å². The number of pyridine rings is 1. The van der Waals surface area contributed by atoms with Crippen LogP contribution in [0, 0.1) is 5.82 Å². The Morgan fingerprint density at radius 3 is 2.70 bits per heavy atom. The molecular formula is C21H19FN4O6S. The van der Waals surface area contributed by atoms with Crippen molar-refractivity contribution in [2.45, 2.75) is 6.04 Å². The van der Waals surface area contributed by atoms with Gasteiger partial charge in [-0.2, -0.15) is 0 Å². The predicted molar refractivity (Wildman–Crippen MR) is 118 cm³/mol. The first-order chi connectivity index (χ1) is 15.6. The zero-order valence-corrected chi connectivity index (χ0v) is 18.3. The van der Waals surface area contributed by atoms with E-state index in [9.17, 15) is 27.5 Å². The van der Waals surface area contributed by atoms with Crippen molar-refractivity contribution in [1.29, 1.82) is 0 Å². The highest BCUT2D eigenvalue weighted by Gasteiger charge is 2.36. The van der Waals surface area contributed by atoms with Gasteiger partial charge in [0.25, 0.3) is 5.91 Å². The number of H-pyrrole nitrogens is 1. The summed E-state index contributed by atoms with van der Waals surface area (Å²) >= 11 is 0. The van der Waals surface area contributed by atoms with Crippen LogP contribution in [0.5, 0.6) is 5.75 Å². The molecule has 3 aromatic rings. The van der Waals surface area contributed by atoms with Crippen molar-refractivity contribution in [1.82, 2.24) is 19.6 Å². The minimum atomic E-state index is -3.87. The maximum Gasteiger partial charge on any atom is 0.408 e. The highest BCUT2D eigenvalue weighted by molar-refractivity contribution is 7.89. The van der Waals surface area contributed by atoms with Gasteiger partial charge < -0.3 is 14.8 Å². The third-order valence-corrected chi connectivity index (χ3v) is 5.74. The van der Waals surface area contributed by atoms with Gasteiger partial charge in [-0.25, -0.2) is 22.6 Å². The van der Waals surface area contributed by atoms with Crippen LogP contribution < -0.4 is 9.46 Å². The molecule has 172 valence electrons. The van der Waals surface area contributed by atoms with Gasteiger partial charge in [0.2, 0.25) is 10.0 Å². The van der Waals surface area contributed by atoms with Gasteiger partial charge in [0.1, 0.15) is 23.3 Å². The smallest absolute Gasteiger partial charge is 0.408 e. The normalized spacial score (nSPS) is 16.0. The first-order valence-electron chi connectivity index (χ1n) is 9.61. The lowest BCUT2D eigenvalue weighted by molar-refractivity contribution is -0.122. The van der Waals surface area contributed by atoms with Gasteiger partial charge in [0.05, 0.1) is 19.9 Å². The van der Waals surface area contributed by atoms with Crippen LogP contribution in [0.15, 0.2) is 42.6 Å². The SMILES string of the molecule is COc1ccc(F)cc1-c1ccnc2[nH]c(C3=CC(C(=O)NS(C)(=O)=O)N(C(=O)O)C3)cc12. The molecule has 1 atom stereocenters. The Morgan fingerprint density at radius 1 is 1.27 bits per heavy atom. The molecule has 3 heterocycles. The van der Waals surface area contributed by atoms with Gasteiger partial charge in [-0.1, -0.05) is 0 Å². The minimum absolute atomic E-state index is 0.150. The van der Waals surface area contributed by atoms with Crippen molar-refractivity contribution in [2.75, 3.05) is 19.9 Å². The number of aromatic amines is 1. The standard InChI is InChI=1S/C21H19FN4O6S/c1-32-18-4-3-12(22)8-14(18)13-5-6-23-19-15(13)9-16(24-19)11-7-17(26(10-11)21(28)29)20(27)25-33(2,30)31/h3-9,17H,10H2,1-2H3,(H,23,24)(H,25,27)(H,28,29). The number of ether oxygens (including phenoxy) is 1. The molecule has 2 amide bonds. The maximum absolute atomic E-state index is 13.9. The van der Waals surface area contributed by atoms with E-state index in [1.54, 1.807) is 16.9 Å². The molecular weight excluding hydrogens is 455 g/mol. The molecule has 1 aliphatic rings. The summed E-state index contributed by atoms with van der Waals surface area (Å²) in [5, 5.41) is 10.1. The van der Waals surface area contributed by atoms with E-state index in [0.29, 0.717) is 39.2 Å². The van der Waals surface area contributed by atoms with Crippen molar-refractivity contribution in [3.8, 4) is 16.9 Å². The fourth-order valence-electron chi connectivity index (χ4n) is 3.76. The van der Waals surface area contributed by atoms with Gasteiger partial charge in [-0.05, 0) is 47.5 Å². The number of carbonyl (C=O) groups excluding carboxylic acids is 1. The van der Waals surface area contributed by atoms with Crippen LogP contribution in [-0.4, -0.2) is 66.3 Å². The lowest BCUT2D eigenvalue weighted by Crippen LogP contribution is -2.47. The van der Waals surface area contributed by atoms with E-state index < -0.39 is 33.9 Å². The number of rotatable bonds is 5. The number of halogens is 1. The monoisotopic (exact) mass is 474 g/mol. The van der Waals surface area contributed by atoms with Crippen LogP contribution in [-0.2, 0) is 14.8 Å². The highest BCUT2D eigenvalue weighted by Crippen LogP contribution is 2.36. The second kappa shape index (κ2) is 8.20. The van der Waals surface area contributed by atoms with Crippen LogP contribution in [0.4, 0.5) is 9.18 Å². The number of nitrogens with one attached hydrogen (secondary N) is 2. The Labute approximate surface area is 187 Å². The Kier molecular flexibility index (Phi) is 5.54. The van der Waals surface area contributed by atoms with E-state index in [1.807, 2.05) is 0 Å². The van der Waals surface area contributed by atoms with Crippen LogP contribution in [0.1, 0.15) is 5.69 Å². The first kappa shape index (κ1) is 22.3. The zero-order chi connectivity index (χ0) is 23.9. The predicted octanol–water partition coefficient (Wildman–Crippen LogP) is 2.20. The molecule has 0 bridgehead atoms. The molecule has 12 heteroatoms. The zero-order valence-electron chi connectivity index (χ0n) is 17.5. The number of benzene rings is 1. The molecule has 4 rings (SSSR count). The minimum Gasteiger partial charge on any atom is -0.496 e. The third kappa shape index (κ3) is 4.37. The van der Waals surface area contributed by atoms with Crippen molar-refractivity contribution in [3.05, 3.63) is 54.1 Å². The second-order valence-electron chi connectivity index (χ2n) is 7.43. The summed E-state index contributed by atoms with van der Waals surface area (Å²) < 4.78 is 44.0. The number of methoxy groups -OCH3 is 1. The molecule has 1 aromatic carbocycles. The third-order valence-electron chi connectivity index (χ3n) is 5.17. The number of hydrogen-bond acceptors (Lipinski definition) is 6. The number of carbonyl (C=O) groups is 2. The quantitative estimate of drug-likeness (QED) is 0.515. The Hall–Kier alpha value is -3.93. The molecule has 0 saturated carbocycles. The molecule has 2 aromatic heterocycles. The number of carboxylic acid groups (broad SMARTS) is 1. The number of aromatic nitrogens is 2. The first-order valence-corrected chi connectivity index (χ1v) is 11.5. The fraction of sp³-hybridized carbons (Fsp3) is 0.190. The average molecular weight is 474 g/mol. The molecule has 0 saturated heterocycles. The lowest BCUT2D eigenvalue weighted by Gasteiger charge is -2.20. The van der Waals surface area contributed by atoms with Crippen molar-refractivity contribution in [2.24, 2.45) is 0 Å². The van der Waals surface area contributed by atoms with Crippen LogP contribution in [0.3, 0.4) is 0 Å². The van der Waals surface area contributed by atoms with Crippen LogP contribution >= 0.6 is 0 Å². The average Bonchev–Trinajstić information content (AvgIpc) is 3.37. The Bertz CT molecular complexity index is 1420. The van der Waals surface area contributed by atoms with E-state index in [-0.39, 0.29) is 6.54 Å². The summed E-state index contributed by atoms with van der Waals surface area (Å²) in [5.41, 5.74) is 2.55. The number of sulfonamides is 1. The van der Waals surface area contributed by atoms with Crippen LogP contribution in [0.2, 0.25) is 0 Å². The maximum atomic E-state index is 13.9. The van der Waals surface area contributed by atoms with Gasteiger partial charge in [-0.15, -0.1) is 0 Å². The summed E-state index contributed by atoms with van der Waals surface area (Å²) in [7, 11) is -2.39. The number of nitrogens with zero attached hydrogens (tertiary/aromatic N) is 2. The summed E-state index contributed by atoms with van der Waals surface area (Å²) in [4.78, 5) is 32.2. The molecule has 1 aliphatic heterocycles. The van der Waals surface area contributed by atoms with Gasteiger partial charge in [0, 0.05) is 22.8 Å². The largest absolute Gasteiger partial charge is 0.496 e. The number of hydrogen-bond donors (Lipinski definition) is 3. The molecule has 10 nitrogen and oxygen atoms in total. The molecule has 33 heavy (non-hydrogen) atoms.